The molecule has 1 rings (SSSR count). The molecule has 0 aliphatic heterocycles. The topological polar surface area (TPSA) is 41.5 Å². The maximum Gasteiger partial charge on any atom is 0.138 e. The van der Waals surface area contributed by atoms with Gasteiger partial charge in [0.2, 0.25) is 0 Å². The third-order valence-corrected chi connectivity index (χ3v) is 3.13. The maximum atomic E-state index is 9.76. The van der Waals surface area contributed by atoms with E-state index in [-0.39, 0.29) is 6.61 Å². The van der Waals surface area contributed by atoms with Crippen molar-refractivity contribution in [2.24, 2.45) is 5.92 Å². The Hall–Kier alpha value is -0.480. The second-order valence-corrected chi connectivity index (χ2v) is 5.77. The second-order valence-electron chi connectivity index (χ2n) is 4.93. The lowest BCUT2D eigenvalue weighted by molar-refractivity contribution is 0.106. The highest BCUT2D eigenvalue weighted by atomic mass is 35.5. The Bertz CT molecular complexity index is 386. The van der Waals surface area contributed by atoms with Gasteiger partial charge in [-0.05, 0) is 37.1 Å². The lowest BCUT2D eigenvalue weighted by atomic mass is 10.1. The fourth-order valence-corrected chi connectivity index (χ4v) is 1.96. The Morgan fingerprint density at radius 2 is 2.05 bits per heavy atom. The molecular formula is C14H21Cl2NO2. The van der Waals surface area contributed by atoms with Crippen LogP contribution in [0.5, 0.6) is 5.75 Å². The van der Waals surface area contributed by atoms with Gasteiger partial charge in [0, 0.05) is 11.6 Å². The van der Waals surface area contributed by atoms with Gasteiger partial charge in [-0.25, -0.2) is 0 Å². The van der Waals surface area contributed by atoms with Crippen LogP contribution in [0, 0.1) is 5.92 Å². The van der Waals surface area contributed by atoms with Gasteiger partial charge in [0.15, 0.2) is 0 Å². The summed E-state index contributed by atoms with van der Waals surface area (Å²) in [6.45, 7) is 5.96. The summed E-state index contributed by atoms with van der Waals surface area (Å²) in [5.74, 6) is 1.20. The molecule has 2 N–H and O–H groups in total. The number of aliphatic hydroxyl groups is 1. The largest absolute Gasteiger partial charge is 0.489 e. The molecule has 0 fully saturated rings. The molecular weight excluding hydrogens is 285 g/mol. The molecule has 19 heavy (non-hydrogen) atoms. The number of aliphatic hydroxyl groups excluding tert-OH is 1. The Labute approximate surface area is 124 Å². The van der Waals surface area contributed by atoms with Crippen molar-refractivity contribution >= 4 is 23.2 Å². The zero-order valence-corrected chi connectivity index (χ0v) is 12.8. The first-order chi connectivity index (χ1) is 8.99. The number of hydrogen-bond donors (Lipinski definition) is 2. The SMILES string of the molecule is CC(C)CCNCC(O)COc1ccc(Cl)cc1Cl. The van der Waals surface area contributed by atoms with Gasteiger partial charge >= 0.3 is 0 Å². The third-order valence-electron chi connectivity index (χ3n) is 2.60. The molecule has 0 bridgehead atoms. The van der Waals surface area contributed by atoms with Crippen LogP contribution in [0.3, 0.4) is 0 Å². The van der Waals surface area contributed by atoms with Crippen molar-refractivity contribution in [3.63, 3.8) is 0 Å². The molecule has 0 aromatic heterocycles. The molecule has 0 saturated carbocycles. The molecule has 0 radical (unpaired) electrons. The number of halogens is 2. The Kier molecular flexibility index (Phi) is 7.54. The van der Waals surface area contributed by atoms with Crippen LogP contribution in [-0.4, -0.2) is 30.9 Å². The van der Waals surface area contributed by atoms with E-state index >= 15 is 0 Å². The van der Waals surface area contributed by atoms with E-state index in [4.69, 9.17) is 27.9 Å². The van der Waals surface area contributed by atoms with E-state index in [9.17, 15) is 5.11 Å². The molecule has 0 saturated heterocycles. The number of benzene rings is 1. The summed E-state index contributed by atoms with van der Waals surface area (Å²) in [4.78, 5) is 0. The van der Waals surface area contributed by atoms with Crippen LogP contribution in [0.15, 0.2) is 18.2 Å². The van der Waals surface area contributed by atoms with Crippen LogP contribution in [0.4, 0.5) is 0 Å². The monoisotopic (exact) mass is 305 g/mol. The smallest absolute Gasteiger partial charge is 0.138 e. The highest BCUT2D eigenvalue weighted by Crippen LogP contribution is 2.27. The van der Waals surface area contributed by atoms with Gasteiger partial charge in [-0.1, -0.05) is 37.0 Å². The van der Waals surface area contributed by atoms with Crippen LogP contribution < -0.4 is 10.1 Å². The number of nitrogens with one attached hydrogen (secondary N) is 1. The van der Waals surface area contributed by atoms with Crippen molar-refractivity contribution in [1.29, 1.82) is 0 Å². The number of ether oxygens (including phenoxy) is 1. The summed E-state index contributed by atoms with van der Waals surface area (Å²) in [6.07, 6.45) is 0.537. The molecule has 1 atom stereocenters. The molecule has 0 heterocycles. The van der Waals surface area contributed by atoms with Crippen molar-refractivity contribution in [1.82, 2.24) is 5.32 Å². The van der Waals surface area contributed by atoms with Crippen molar-refractivity contribution in [2.75, 3.05) is 19.7 Å². The number of rotatable bonds is 8. The van der Waals surface area contributed by atoms with Crippen molar-refractivity contribution in [2.45, 2.75) is 26.4 Å². The average Bonchev–Trinajstić information content (AvgIpc) is 2.33. The van der Waals surface area contributed by atoms with Crippen molar-refractivity contribution in [3.8, 4) is 5.75 Å². The predicted molar refractivity (Wildman–Crippen MR) is 80.3 cm³/mol. The average molecular weight is 306 g/mol. The van der Waals surface area contributed by atoms with E-state index in [1.165, 1.54) is 0 Å². The highest BCUT2D eigenvalue weighted by Gasteiger charge is 2.07. The Morgan fingerprint density at radius 1 is 1.32 bits per heavy atom. The minimum absolute atomic E-state index is 0.204. The van der Waals surface area contributed by atoms with Gasteiger partial charge in [-0.3, -0.25) is 0 Å². The van der Waals surface area contributed by atoms with Crippen LogP contribution in [0.1, 0.15) is 20.3 Å². The zero-order chi connectivity index (χ0) is 14.3. The lowest BCUT2D eigenvalue weighted by Gasteiger charge is -2.14. The van der Waals surface area contributed by atoms with Crippen LogP contribution >= 0.6 is 23.2 Å². The van der Waals surface area contributed by atoms with E-state index < -0.39 is 6.10 Å². The quantitative estimate of drug-likeness (QED) is 0.724. The van der Waals surface area contributed by atoms with Crippen molar-refractivity contribution < 1.29 is 9.84 Å². The molecule has 1 unspecified atom stereocenters. The fraction of sp³-hybridized carbons (Fsp3) is 0.571. The van der Waals surface area contributed by atoms with Crippen LogP contribution in [0.25, 0.3) is 0 Å². The van der Waals surface area contributed by atoms with Gasteiger partial charge in [0.25, 0.3) is 0 Å². The Morgan fingerprint density at radius 3 is 2.68 bits per heavy atom. The summed E-state index contributed by atoms with van der Waals surface area (Å²) >= 11 is 11.8. The molecule has 1 aromatic carbocycles. The summed E-state index contributed by atoms with van der Waals surface area (Å²) < 4.78 is 5.45. The predicted octanol–water partition coefficient (Wildman–Crippen LogP) is 3.37. The summed E-state index contributed by atoms with van der Waals surface area (Å²) in [5, 5.41) is 14.0. The Balaban J connectivity index is 2.24. The van der Waals surface area contributed by atoms with Gasteiger partial charge in [0.1, 0.15) is 18.5 Å². The molecule has 0 aliphatic carbocycles. The molecule has 3 nitrogen and oxygen atoms in total. The minimum Gasteiger partial charge on any atom is -0.489 e. The van der Waals surface area contributed by atoms with Gasteiger partial charge in [0.05, 0.1) is 5.02 Å². The summed E-state index contributed by atoms with van der Waals surface area (Å²) in [7, 11) is 0. The van der Waals surface area contributed by atoms with Gasteiger partial charge < -0.3 is 15.2 Å². The summed E-state index contributed by atoms with van der Waals surface area (Å²) in [6, 6.07) is 5.02. The first-order valence-corrected chi connectivity index (χ1v) is 7.21. The normalized spacial score (nSPS) is 12.7. The van der Waals surface area contributed by atoms with E-state index in [0.717, 1.165) is 13.0 Å². The van der Waals surface area contributed by atoms with E-state index in [1.54, 1.807) is 18.2 Å². The highest BCUT2D eigenvalue weighted by molar-refractivity contribution is 6.35. The molecule has 0 aliphatic rings. The maximum absolute atomic E-state index is 9.76. The molecule has 0 amide bonds. The van der Waals surface area contributed by atoms with E-state index in [1.807, 2.05) is 0 Å². The molecule has 108 valence electrons. The fourth-order valence-electron chi connectivity index (χ4n) is 1.50. The van der Waals surface area contributed by atoms with Crippen molar-refractivity contribution in [3.05, 3.63) is 28.2 Å². The standard InChI is InChI=1S/C14H21Cl2NO2/c1-10(2)5-6-17-8-12(18)9-19-14-4-3-11(15)7-13(14)16/h3-4,7,10,12,17-18H,5-6,8-9H2,1-2H3. The lowest BCUT2D eigenvalue weighted by Crippen LogP contribution is -2.32. The van der Waals surface area contributed by atoms with Crippen LogP contribution in [0.2, 0.25) is 10.0 Å². The second kappa shape index (κ2) is 8.64. The first kappa shape index (κ1) is 16.6. The van der Waals surface area contributed by atoms with E-state index in [2.05, 4.69) is 19.2 Å². The number of hydrogen-bond acceptors (Lipinski definition) is 3. The third kappa shape index (κ3) is 7.02. The van der Waals surface area contributed by atoms with Gasteiger partial charge in [-0.15, -0.1) is 0 Å². The molecule has 1 aromatic rings. The minimum atomic E-state index is -0.557. The zero-order valence-electron chi connectivity index (χ0n) is 11.3. The first-order valence-electron chi connectivity index (χ1n) is 6.45. The van der Waals surface area contributed by atoms with E-state index in [0.29, 0.717) is 28.3 Å². The molecule has 0 spiro atoms. The summed E-state index contributed by atoms with van der Waals surface area (Å²) in [5.41, 5.74) is 0. The van der Waals surface area contributed by atoms with Gasteiger partial charge in [-0.2, -0.15) is 0 Å². The molecule has 5 heteroatoms. The van der Waals surface area contributed by atoms with Crippen LogP contribution in [-0.2, 0) is 0 Å².